The summed E-state index contributed by atoms with van der Waals surface area (Å²) in [5, 5.41) is 2.53. The lowest BCUT2D eigenvalue weighted by Gasteiger charge is -2.22. The Bertz CT molecular complexity index is 3670. The molecule has 0 bridgehead atoms. The lowest BCUT2D eigenvalue weighted by molar-refractivity contribution is 0.660. The minimum Gasteiger partial charge on any atom is -0.309 e. The summed E-state index contributed by atoms with van der Waals surface area (Å²) in [6.45, 7) is 4.73. The van der Waals surface area contributed by atoms with Gasteiger partial charge in [-0.3, -0.25) is 0 Å². The van der Waals surface area contributed by atoms with E-state index in [1.807, 2.05) is 0 Å². The van der Waals surface area contributed by atoms with Crippen LogP contribution in [-0.4, -0.2) is 4.57 Å². The van der Waals surface area contributed by atoms with Crippen LogP contribution < -0.4 is 0 Å². The van der Waals surface area contributed by atoms with Gasteiger partial charge in [0.1, 0.15) is 0 Å². The van der Waals surface area contributed by atoms with Crippen LogP contribution in [0, 0.1) is 0 Å². The third kappa shape index (κ3) is 6.37. The van der Waals surface area contributed by atoms with Gasteiger partial charge in [0.2, 0.25) is 0 Å². The van der Waals surface area contributed by atoms with Crippen molar-refractivity contribution < 1.29 is 0 Å². The molecule has 2 aliphatic rings. The third-order valence-electron chi connectivity index (χ3n) is 15.2. The van der Waals surface area contributed by atoms with Gasteiger partial charge < -0.3 is 4.57 Å². The van der Waals surface area contributed by atoms with E-state index in [2.05, 4.69) is 261 Å². The highest BCUT2D eigenvalue weighted by molar-refractivity contribution is 6.10. The van der Waals surface area contributed by atoms with Crippen molar-refractivity contribution in [2.75, 3.05) is 0 Å². The van der Waals surface area contributed by atoms with Crippen molar-refractivity contribution >= 4 is 21.8 Å². The van der Waals surface area contributed by atoms with Gasteiger partial charge in [0.25, 0.3) is 0 Å². The minimum absolute atomic E-state index is 0.0704. The minimum atomic E-state index is -0.111. The summed E-state index contributed by atoms with van der Waals surface area (Å²) in [6, 6.07) is 90.6. The normalized spacial score (nSPS) is 16.8. The van der Waals surface area contributed by atoms with Crippen LogP contribution in [0.2, 0.25) is 0 Å². The maximum absolute atomic E-state index is 2.48. The van der Waals surface area contributed by atoms with Gasteiger partial charge in [0.05, 0.1) is 11.0 Å². The molecule has 11 aromatic rings. The second-order valence-corrected chi connectivity index (χ2v) is 19.3. The molecule has 13 rings (SSSR count). The standard InChI is InChI=1S/C66H49N/c1-65(2)60-27-14-12-25-56(60)57-35-34-55(42-61(57)65)67-63-28-15-13-26-58(63)59-41-49(31-36-64(59)67)47-21-16-22-48(37-47)51-38-50(45-19-8-4-9-20-45)39-52(40-51)62-43-66(62,53-23-10-5-11-24-53)54-32-29-46(30-33-54)44-17-6-3-7-18-44/h3-42,62H,43H2,1-2H3. The first-order valence-corrected chi connectivity index (χ1v) is 23.7. The molecule has 2 unspecified atom stereocenters. The van der Waals surface area contributed by atoms with E-state index >= 15 is 0 Å². The molecule has 318 valence electrons. The smallest absolute Gasteiger partial charge is 0.0541 e. The quantitative estimate of drug-likeness (QED) is 0.143. The molecular formula is C66H49N. The van der Waals surface area contributed by atoms with Crippen molar-refractivity contribution in [3.05, 3.63) is 270 Å². The van der Waals surface area contributed by atoms with E-state index in [9.17, 15) is 0 Å². The highest BCUT2D eigenvalue weighted by atomic mass is 15.0. The fourth-order valence-corrected chi connectivity index (χ4v) is 11.8. The molecule has 0 spiro atoms. The fourth-order valence-electron chi connectivity index (χ4n) is 11.8. The predicted octanol–water partition coefficient (Wildman–Crippen LogP) is 17.2. The predicted molar refractivity (Wildman–Crippen MR) is 281 cm³/mol. The lowest BCUT2D eigenvalue weighted by Crippen LogP contribution is -2.15. The summed E-state index contributed by atoms with van der Waals surface area (Å²) in [5.41, 5.74) is 22.9. The van der Waals surface area contributed by atoms with Crippen LogP contribution in [0.4, 0.5) is 0 Å². The summed E-state index contributed by atoms with van der Waals surface area (Å²) in [5.74, 6) is 0.329. The van der Waals surface area contributed by atoms with Gasteiger partial charge in [-0.15, -0.1) is 0 Å². The summed E-state index contributed by atoms with van der Waals surface area (Å²) in [6.07, 6.45) is 1.06. The molecule has 1 aromatic heterocycles. The van der Waals surface area contributed by atoms with Gasteiger partial charge in [0, 0.05) is 27.3 Å². The molecule has 1 heteroatoms. The lowest BCUT2D eigenvalue weighted by atomic mass is 9.82. The molecule has 67 heavy (non-hydrogen) atoms. The van der Waals surface area contributed by atoms with Gasteiger partial charge in [-0.2, -0.15) is 0 Å². The number of fused-ring (bicyclic) bond motifs is 6. The Morgan fingerprint density at radius 1 is 0.358 bits per heavy atom. The van der Waals surface area contributed by atoms with Crippen molar-refractivity contribution in [2.45, 2.75) is 37.0 Å². The van der Waals surface area contributed by atoms with Crippen LogP contribution in [0.25, 0.3) is 83.1 Å². The van der Waals surface area contributed by atoms with Gasteiger partial charge in [-0.05, 0) is 138 Å². The van der Waals surface area contributed by atoms with E-state index in [1.54, 1.807) is 0 Å². The number of aromatic nitrogens is 1. The number of hydrogen-bond donors (Lipinski definition) is 0. The van der Waals surface area contributed by atoms with Crippen LogP contribution in [-0.2, 0) is 10.8 Å². The van der Waals surface area contributed by atoms with Crippen molar-refractivity contribution in [3.63, 3.8) is 0 Å². The molecule has 1 saturated carbocycles. The van der Waals surface area contributed by atoms with E-state index in [0.717, 1.165) is 6.42 Å². The third-order valence-corrected chi connectivity index (χ3v) is 15.2. The average molecular weight is 856 g/mol. The Hall–Kier alpha value is -8.00. The van der Waals surface area contributed by atoms with Crippen LogP contribution in [0.3, 0.4) is 0 Å². The molecule has 2 atom stereocenters. The van der Waals surface area contributed by atoms with Crippen LogP contribution in [0.1, 0.15) is 54.0 Å². The molecule has 10 aromatic carbocycles. The van der Waals surface area contributed by atoms with E-state index in [0.29, 0.717) is 5.92 Å². The maximum atomic E-state index is 2.48. The Kier molecular flexibility index (Phi) is 8.99. The van der Waals surface area contributed by atoms with E-state index in [1.165, 1.54) is 111 Å². The Morgan fingerprint density at radius 2 is 0.881 bits per heavy atom. The molecule has 1 nitrogen and oxygen atoms in total. The zero-order chi connectivity index (χ0) is 44.7. The highest BCUT2D eigenvalue weighted by Crippen LogP contribution is 2.65. The second-order valence-electron chi connectivity index (χ2n) is 19.3. The molecular weight excluding hydrogens is 807 g/mol. The van der Waals surface area contributed by atoms with Crippen molar-refractivity contribution in [3.8, 4) is 61.3 Å². The summed E-state index contributed by atoms with van der Waals surface area (Å²) in [4.78, 5) is 0. The molecule has 0 radical (unpaired) electrons. The Balaban J connectivity index is 0.899. The van der Waals surface area contributed by atoms with E-state index in [-0.39, 0.29) is 10.8 Å². The van der Waals surface area contributed by atoms with E-state index in [4.69, 9.17) is 0 Å². The number of benzene rings is 10. The zero-order valence-electron chi connectivity index (χ0n) is 37.8. The molecule has 1 fully saturated rings. The largest absolute Gasteiger partial charge is 0.309 e. The second kappa shape index (κ2) is 15.3. The molecule has 0 saturated heterocycles. The summed E-state index contributed by atoms with van der Waals surface area (Å²) in [7, 11) is 0. The summed E-state index contributed by atoms with van der Waals surface area (Å²) < 4.78 is 2.46. The van der Waals surface area contributed by atoms with Gasteiger partial charge in [-0.25, -0.2) is 0 Å². The first kappa shape index (κ1) is 39.4. The maximum Gasteiger partial charge on any atom is 0.0541 e. The highest BCUT2D eigenvalue weighted by Gasteiger charge is 2.57. The van der Waals surface area contributed by atoms with Gasteiger partial charge in [-0.1, -0.05) is 214 Å². The van der Waals surface area contributed by atoms with Crippen LogP contribution in [0.5, 0.6) is 0 Å². The first-order valence-electron chi connectivity index (χ1n) is 23.7. The Morgan fingerprint density at radius 3 is 1.64 bits per heavy atom. The van der Waals surface area contributed by atoms with E-state index < -0.39 is 0 Å². The van der Waals surface area contributed by atoms with Crippen molar-refractivity contribution in [2.24, 2.45) is 0 Å². The number of nitrogens with zero attached hydrogens (tertiary/aromatic N) is 1. The summed E-state index contributed by atoms with van der Waals surface area (Å²) >= 11 is 0. The fraction of sp³-hybridized carbons (Fsp3) is 0.0909. The number of para-hydroxylation sites is 1. The van der Waals surface area contributed by atoms with Crippen LogP contribution >= 0.6 is 0 Å². The van der Waals surface area contributed by atoms with Crippen molar-refractivity contribution in [1.29, 1.82) is 0 Å². The van der Waals surface area contributed by atoms with Crippen molar-refractivity contribution in [1.82, 2.24) is 4.57 Å². The topological polar surface area (TPSA) is 4.93 Å². The molecule has 0 N–H and O–H groups in total. The number of hydrogen-bond acceptors (Lipinski definition) is 0. The molecule has 0 aliphatic heterocycles. The van der Waals surface area contributed by atoms with Crippen LogP contribution in [0.15, 0.2) is 243 Å². The van der Waals surface area contributed by atoms with Gasteiger partial charge >= 0.3 is 0 Å². The monoisotopic (exact) mass is 855 g/mol. The molecule has 0 amide bonds. The Labute approximate surface area is 393 Å². The zero-order valence-corrected chi connectivity index (χ0v) is 37.8. The molecule has 2 aliphatic carbocycles. The average Bonchev–Trinajstić information content (AvgIpc) is 4.02. The number of rotatable bonds is 8. The molecule has 1 heterocycles. The van der Waals surface area contributed by atoms with Gasteiger partial charge in [0.15, 0.2) is 0 Å². The SMILES string of the molecule is CC1(C)c2ccccc2-c2ccc(-n3c4ccccc4c4cc(-c5cccc(-c6cc(-c7ccccc7)cc(C7CC7(c7ccccc7)c7ccc(-c8ccccc8)cc7)c6)c5)ccc43)cc21. The first-order chi connectivity index (χ1) is 32.9.